The molecule has 0 amide bonds. The monoisotopic (exact) mass is 223 g/mol. The normalized spacial score (nSPS) is 19.6. The average Bonchev–Trinajstić information content (AvgIpc) is 2.30. The first kappa shape index (κ1) is 11.4. The van der Waals surface area contributed by atoms with Gasteiger partial charge in [0, 0.05) is 5.56 Å². The molecule has 1 unspecified atom stereocenters. The number of aromatic hydroxyl groups is 1. The van der Waals surface area contributed by atoms with E-state index in [1.54, 1.807) is 6.07 Å². The molecule has 0 aliphatic carbocycles. The van der Waals surface area contributed by atoms with Crippen LogP contribution in [-0.4, -0.2) is 18.2 Å². The van der Waals surface area contributed by atoms with Crippen molar-refractivity contribution >= 4 is 0 Å². The summed E-state index contributed by atoms with van der Waals surface area (Å²) in [6, 6.07) is 5.41. The van der Waals surface area contributed by atoms with Crippen molar-refractivity contribution in [2.24, 2.45) is 0 Å². The maximum absolute atomic E-state index is 13.3. The zero-order valence-corrected chi connectivity index (χ0v) is 9.54. The minimum Gasteiger partial charge on any atom is -0.507 e. The van der Waals surface area contributed by atoms with Crippen molar-refractivity contribution in [3.05, 3.63) is 29.3 Å². The Morgan fingerprint density at radius 2 is 2.06 bits per heavy atom. The quantitative estimate of drug-likeness (QED) is 0.808. The highest BCUT2D eigenvalue weighted by molar-refractivity contribution is 5.43. The summed E-state index contributed by atoms with van der Waals surface area (Å²) in [5, 5.41) is 13.3. The molecule has 0 saturated carbocycles. The van der Waals surface area contributed by atoms with Crippen molar-refractivity contribution in [1.29, 1.82) is 0 Å². The Labute approximate surface area is 95.5 Å². The summed E-state index contributed by atoms with van der Waals surface area (Å²) in [4.78, 5) is 0. The van der Waals surface area contributed by atoms with Crippen LogP contribution >= 0.6 is 0 Å². The molecule has 1 fully saturated rings. The topological polar surface area (TPSA) is 32.3 Å². The van der Waals surface area contributed by atoms with Gasteiger partial charge in [-0.05, 0) is 44.3 Å². The van der Waals surface area contributed by atoms with Crippen LogP contribution in [0.1, 0.15) is 43.0 Å². The van der Waals surface area contributed by atoms with E-state index >= 15 is 0 Å². The number of hydrogen-bond acceptors (Lipinski definition) is 2. The molecular formula is C13H18FNO. The summed E-state index contributed by atoms with van der Waals surface area (Å²) in [7, 11) is 0. The maximum Gasteiger partial charge on any atom is 0.126 e. The third-order valence-corrected chi connectivity index (χ3v) is 3.31. The third kappa shape index (κ3) is 2.19. The fourth-order valence-electron chi connectivity index (χ4n) is 2.36. The molecule has 88 valence electrons. The SMILES string of the molecule is CC(F)c1cccc(C2CCNCC2)c1O. The summed E-state index contributed by atoms with van der Waals surface area (Å²) in [6.07, 6.45) is 0.914. The molecule has 0 bridgehead atoms. The van der Waals surface area contributed by atoms with Gasteiger partial charge in [0.05, 0.1) is 0 Å². The molecule has 16 heavy (non-hydrogen) atoms. The lowest BCUT2D eigenvalue weighted by molar-refractivity contribution is 0.351. The Hall–Kier alpha value is -1.09. The molecule has 2 N–H and O–H groups in total. The van der Waals surface area contributed by atoms with Crippen LogP contribution in [0.4, 0.5) is 4.39 Å². The fraction of sp³-hybridized carbons (Fsp3) is 0.538. The predicted molar refractivity (Wildman–Crippen MR) is 62.5 cm³/mol. The molecule has 1 aromatic rings. The van der Waals surface area contributed by atoms with Crippen molar-refractivity contribution in [3.63, 3.8) is 0 Å². The number of halogens is 1. The van der Waals surface area contributed by atoms with Crippen LogP contribution in [0.2, 0.25) is 0 Å². The van der Waals surface area contributed by atoms with Gasteiger partial charge in [-0.3, -0.25) is 0 Å². The lowest BCUT2D eigenvalue weighted by atomic mass is 9.88. The van der Waals surface area contributed by atoms with Crippen molar-refractivity contribution in [3.8, 4) is 5.75 Å². The minimum absolute atomic E-state index is 0.157. The van der Waals surface area contributed by atoms with E-state index in [4.69, 9.17) is 0 Å². The van der Waals surface area contributed by atoms with E-state index in [-0.39, 0.29) is 5.75 Å². The van der Waals surface area contributed by atoms with E-state index in [0.717, 1.165) is 31.5 Å². The third-order valence-electron chi connectivity index (χ3n) is 3.31. The summed E-state index contributed by atoms with van der Waals surface area (Å²) >= 11 is 0. The van der Waals surface area contributed by atoms with Crippen LogP contribution in [0.3, 0.4) is 0 Å². The summed E-state index contributed by atoms with van der Waals surface area (Å²) in [6.45, 7) is 3.40. The zero-order valence-electron chi connectivity index (χ0n) is 9.54. The Morgan fingerprint density at radius 3 is 2.69 bits per heavy atom. The number of phenolic OH excluding ortho intramolecular Hbond substituents is 1. The number of nitrogens with one attached hydrogen (secondary N) is 1. The number of para-hydroxylation sites is 1. The minimum atomic E-state index is -1.11. The Balaban J connectivity index is 2.29. The van der Waals surface area contributed by atoms with Crippen LogP contribution in [0, 0.1) is 0 Å². The van der Waals surface area contributed by atoms with Gasteiger partial charge in [-0.25, -0.2) is 4.39 Å². The highest BCUT2D eigenvalue weighted by Gasteiger charge is 2.21. The molecule has 1 aliphatic heterocycles. The van der Waals surface area contributed by atoms with Gasteiger partial charge in [-0.2, -0.15) is 0 Å². The zero-order chi connectivity index (χ0) is 11.5. The first-order valence-corrected chi connectivity index (χ1v) is 5.86. The van der Waals surface area contributed by atoms with Gasteiger partial charge in [0.2, 0.25) is 0 Å². The number of piperidine rings is 1. The second kappa shape index (κ2) is 4.83. The standard InChI is InChI=1S/C13H18FNO/c1-9(14)11-3-2-4-12(13(11)16)10-5-7-15-8-6-10/h2-4,9-10,15-16H,5-8H2,1H3. The molecule has 1 atom stereocenters. The lowest BCUT2D eigenvalue weighted by Crippen LogP contribution is -2.26. The largest absolute Gasteiger partial charge is 0.507 e. The first-order valence-electron chi connectivity index (χ1n) is 5.86. The van der Waals surface area contributed by atoms with E-state index in [2.05, 4.69) is 5.32 Å². The summed E-state index contributed by atoms with van der Waals surface area (Å²) in [5.41, 5.74) is 1.32. The van der Waals surface area contributed by atoms with Crippen molar-refractivity contribution in [2.45, 2.75) is 31.9 Å². The van der Waals surface area contributed by atoms with Crippen LogP contribution < -0.4 is 5.32 Å². The number of alkyl halides is 1. The summed E-state index contributed by atoms with van der Waals surface area (Å²) in [5.74, 6) is 0.518. The average molecular weight is 223 g/mol. The molecule has 1 saturated heterocycles. The van der Waals surface area contributed by atoms with E-state index in [1.165, 1.54) is 6.92 Å². The molecule has 2 nitrogen and oxygen atoms in total. The van der Waals surface area contributed by atoms with Gasteiger partial charge < -0.3 is 10.4 Å². The molecule has 3 heteroatoms. The van der Waals surface area contributed by atoms with E-state index in [9.17, 15) is 9.50 Å². The molecule has 0 aromatic heterocycles. The number of phenols is 1. The second-order valence-electron chi connectivity index (χ2n) is 4.43. The van der Waals surface area contributed by atoms with E-state index in [0.29, 0.717) is 11.5 Å². The number of benzene rings is 1. The maximum atomic E-state index is 13.3. The molecule has 1 heterocycles. The Kier molecular flexibility index (Phi) is 3.44. The van der Waals surface area contributed by atoms with Crippen molar-refractivity contribution < 1.29 is 9.50 Å². The molecular weight excluding hydrogens is 205 g/mol. The molecule has 2 rings (SSSR count). The van der Waals surface area contributed by atoms with Crippen LogP contribution in [0.15, 0.2) is 18.2 Å². The lowest BCUT2D eigenvalue weighted by Gasteiger charge is -2.24. The first-order chi connectivity index (χ1) is 7.70. The Bertz CT molecular complexity index is 359. The highest BCUT2D eigenvalue weighted by Crippen LogP contribution is 2.37. The van der Waals surface area contributed by atoms with E-state index < -0.39 is 6.17 Å². The molecule has 0 spiro atoms. The van der Waals surface area contributed by atoms with Gasteiger partial charge in [0.25, 0.3) is 0 Å². The Morgan fingerprint density at radius 1 is 1.38 bits per heavy atom. The molecule has 1 aromatic carbocycles. The summed E-state index contributed by atoms with van der Waals surface area (Å²) < 4.78 is 13.3. The van der Waals surface area contributed by atoms with Crippen LogP contribution in [0.25, 0.3) is 0 Å². The van der Waals surface area contributed by atoms with Gasteiger partial charge in [0.1, 0.15) is 11.9 Å². The fourth-order valence-corrected chi connectivity index (χ4v) is 2.36. The van der Waals surface area contributed by atoms with Gasteiger partial charge in [-0.1, -0.05) is 18.2 Å². The highest BCUT2D eigenvalue weighted by atomic mass is 19.1. The smallest absolute Gasteiger partial charge is 0.126 e. The van der Waals surface area contributed by atoms with Gasteiger partial charge >= 0.3 is 0 Å². The second-order valence-corrected chi connectivity index (χ2v) is 4.43. The van der Waals surface area contributed by atoms with Crippen molar-refractivity contribution in [1.82, 2.24) is 5.32 Å². The van der Waals surface area contributed by atoms with Crippen molar-refractivity contribution in [2.75, 3.05) is 13.1 Å². The van der Waals surface area contributed by atoms with Gasteiger partial charge in [0.15, 0.2) is 0 Å². The molecule has 0 radical (unpaired) electrons. The number of hydrogen-bond donors (Lipinski definition) is 2. The predicted octanol–water partition coefficient (Wildman–Crippen LogP) is 2.89. The van der Waals surface area contributed by atoms with Gasteiger partial charge in [-0.15, -0.1) is 0 Å². The van der Waals surface area contributed by atoms with Crippen LogP contribution in [0.5, 0.6) is 5.75 Å². The molecule has 1 aliphatic rings. The van der Waals surface area contributed by atoms with E-state index in [1.807, 2.05) is 12.1 Å². The number of rotatable bonds is 2. The van der Waals surface area contributed by atoms with Crippen LogP contribution in [-0.2, 0) is 0 Å².